The summed E-state index contributed by atoms with van der Waals surface area (Å²) >= 11 is 12.3. The van der Waals surface area contributed by atoms with Gasteiger partial charge in [-0.25, -0.2) is 4.99 Å². The molecule has 0 fully saturated rings. The average molecular weight is 378 g/mol. The van der Waals surface area contributed by atoms with Gasteiger partial charge in [0.05, 0.1) is 11.6 Å². The van der Waals surface area contributed by atoms with Crippen molar-refractivity contribution in [3.8, 4) is 5.69 Å². The first kappa shape index (κ1) is 18.0. The normalized spacial score (nSPS) is 16.3. The van der Waals surface area contributed by atoms with Gasteiger partial charge in [0.15, 0.2) is 11.3 Å². The molecule has 0 amide bonds. The smallest absolute Gasteiger partial charge is 0.179 e. The molecule has 1 atom stereocenters. The van der Waals surface area contributed by atoms with Gasteiger partial charge < -0.3 is 5.32 Å². The molecule has 2 aromatic rings. The van der Waals surface area contributed by atoms with Crippen molar-refractivity contribution in [2.75, 3.05) is 11.2 Å². The molecule has 1 N–H and O–H groups in total. The Labute approximate surface area is 157 Å². The zero-order valence-electron chi connectivity index (χ0n) is 15.0. The lowest BCUT2D eigenvalue weighted by atomic mass is 10.0. The second-order valence-corrected chi connectivity index (χ2v) is 7.22. The molecular weight excluding hydrogens is 357 g/mol. The molecule has 0 radical (unpaired) electrons. The van der Waals surface area contributed by atoms with Gasteiger partial charge >= 0.3 is 0 Å². The summed E-state index contributed by atoms with van der Waals surface area (Å²) < 4.78 is 2.08. The van der Waals surface area contributed by atoms with Crippen molar-refractivity contribution >= 4 is 40.6 Å². The maximum absolute atomic E-state index is 12.5. The van der Waals surface area contributed by atoms with E-state index in [1.807, 2.05) is 13.8 Å². The topological polar surface area (TPSA) is 46.4 Å². The van der Waals surface area contributed by atoms with Crippen molar-refractivity contribution in [3.63, 3.8) is 0 Å². The van der Waals surface area contributed by atoms with Crippen molar-refractivity contribution in [1.29, 1.82) is 0 Å². The van der Waals surface area contributed by atoms with Crippen LogP contribution in [0.2, 0.25) is 0 Å². The quantitative estimate of drug-likeness (QED) is 0.453. The van der Waals surface area contributed by atoms with Crippen molar-refractivity contribution in [1.82, 2.24) is 4.57 Å². The summed E-state index contributed by atoms with van der Waals surface area (Å²) in [5.74, 6) is 1.29. The number of hydrogen-bond acceptors (Lipinski definition) is 3. The molecule has 1 aromatic heterocycles. The van der Waals surface area contributed by atoms with Crippen LogP contribution in [0.15, 0.2) is 17.1 Å². The zero-order valence-corrected chi connectivity index (χ0v) is 16.5. The molecule has 4 nitrogen and oxygen atoms in total. The number of rotatable bonds is 3. The van der Waals surface area contributed by atoms with E-state index in [1.54, 1.807) is 0 Å². The Hall–Kier alpha value is -1.78. The summed E-state index contributed by atoms with van der Waals surface area (Å²) in [5.41, 5.74) is 6.02. The van der Waals surface area contributed by atoms with E-state index in [0.29, 0.717) is 11.1 Å². The Kier molecular flexibility index (Phi) is 4.69. The first-order valence-electron chi connectivity index (χ1n) is 8.14. The van der Waals surface area contributed by atoms with E-state index in [0.717, 1.165) is 34.2 Å². The third-order valence-electron chi connectivity index (χ3n) is 4.55. The van der Waals surface area contributed by atoms with Crippen molar-refractivity contribution in [2.24, 2.45) is 4.99 Å². The predicted octanol–water partition coefficient (Wildman–Crippen LogP) is 5.21. The number of fused-ring (bicyclic) bond motifs is 1. The van der Waals surface area contributed by atoms with Gasteiger partial charge in [-0.2, -0.15) is 0 Å². The summed E-state index contributed by atoms with van der Waals surface area (Å²) in [7, 11) is 0. The first-order chi connectivity index (χ1) is 11.8. The predicted molar refractivity (Wildman–Crippen MR) is 105 cm³/mol. The number of aliphatic imine (C=N–C) groups is 1. The third-order valence-corrected chi connectivity index (χ3v) is 5.11. The standard InChI is InChI=1S/C19H21Cl2N3O/c1-9-6-10(2)17(11(3)7-9)24-12(4)15(14(25)8-20)16-18(21)22-13(5)23-19(16)24/h6-7,18H,8H2,1-5H3,(H,22,23). The molecule has 1 aliphatic heterocycles. The Morgan fingerprint density at radius 3 is 2.36 bits per heavy atom. The molecule has 0 saturated heterocycles. The van der Waals surface area contributed by atoms with Crippen LogP contribution >= 0.6 is 23.2 Å². The largest absolute Gasteiger partial charge is 0.330 e. The molecule has 1 aliphatic rings. The van der Waals surface area contributed by atoms with Crippen molar-refractivity contribution < 1.29 is 4.79 Å². The summed E-state index contributed by atoms with van der Waals surface area (Å²) in [6.07, 6.45) is 0. The highest BCUT2D eigenvalue weighted by molar-refractivity contribution is 6.32. The van der Waals surface area contributed by atoms with Crippen LogP contribution in [0.4, 0.5) is 5.82 Å². The number of aryl methyl sites for hydroxylation is 3. The van der Waals surface area contributed by atoms with Crippen LogP contribution in [0.5, 0.6) is 0 Å². The number of nitrogens with one attached hydrogen (secondary N) is 1. The van der Waals surface area contributed by atoms with Gasteiger partial charge in [-0.05, 0) is 45.7 Å². The number of nitrogens with zero attached hydrogens (tertiary/aromatic N) is 2. The van der Waals surface area contributed by atoms with Crippen molar-refractivity contribution in [3.05, 3.63) is 45.6 Å². The minimum Gasteiger partial charge on any atom is -0.330 e. The molecule has 25 heavy (non-hydrogen) atoms. The lowest BCUT2D eigenvalue weighted by molar-refractivity contribution is 0.101. The highest BCUT2D eigenvalue weighted by Gasteiger charge is 2.32. The van der Waals surface area contributed by atoms with Crippen LogP contribution in [0.25, 0.3) is 5.69 Å². The van der Waals surface area contributed by atoms with Gasteiger partial charge in [-0.15, -0.1) is 11.6 Å². The zero-order chi connectivity index (χ0) is 18.5. The summed E-state index contributed by atoms with van der Waals surface area (Å²) in [4.78, 5) is 16.9. The molecule has 0 spiro atoms. The average Bonchev–Trinajstić information content (AvgIpc) is 2.79. The monoisotopic (exact) mass is 377 g/mol. The summed E-state index contributed by atoms with van der Waals surface area (Å²) in [6.45, 7) is 10.0. The fourth-order valence-corrected chi connectivity index (χ4v) is 4.22. The summed E-state index contributed by atoms with van der Waals surface area (Å²) in [5, 5.41) is 3.30. The lowest BCUT2D eigenvalue weighted by Crippen LogP contribution is -2.19. The number of hydrogen-bond donors (Lipinski definition) is 1. The minimum atomic E-state index is -0.607. The second-order valence-electron chi connectivity index (χ2n) is 6.54. The number of carbonyl (C=O) groups is 1. The second kappa shape index (κ2) is 6.50. The highest BCUT2D eigenvalue weighted by Crippen LogP contribution is 2.42. The Balaban J connectivity index is 2.39. The number of amidine groups is 1. The van der Waals surface area contributed by atoms with E-state index in [2.05, 4.69) is 47.8 Å². The maximum Gasteiger partial charge on any atom is 0.179 e. The molecule has 6 heteroatoms. The number of anilines is 1. The minimum absolute atomic E-state index is 0.0878. The molecule has 0 bridgehead atoms. The SMILES string of the molecule is CC1=NC(Cl)c2c(C(=O)CCl)c(C)n(-c3c(C)cc(C)cc3C)c2N1. The fourth-order valence-electron chi connectivity index (χ4n) is 3.73. The molecule has 2 heterocycles. The number of halogens is 2. The van der Waals surface area contributed by atoms with E-state index in [1.165, 1.54) is 5.56 Å². The van der Waals surface area contributed by atoms with Gasteiger partial charge in [-0.1, -0.05) is 29.3 Å². The van der Waals surface area contributed by atoms with E-state index < -0.39 is 5.50 Å². The number of carbonyl (C=O) groups excluding carboxylic acids is 1. The number of Topliss-reactive ketones (excluding diaryl/α,β-unsaturated/α-hetero) is 1. The number of benzene rings is 1. The van der Waals surface area contributed by atoms with Crippen LogP contribution in [0, 0.1) is 27.7 Å². The highest BCUT2D eigenvalue weighted by atomic mass is 35.5. The van der Waals surface area contributed by atoms with E-state index in [-0.39, 0.29) is 11.7 Å². The fraction of sp³-hybridized carbons (Fsp3) is 0.368. The molecule has 1 unspecified atom stereocenters. The molecule has 0 aliphatic carbocycles. The van der Waals surface area contributed by atoms with E-state index in [4.69, 9.17) is 23.2 Å². The maximum atomic E-state index is 12.5. The van der Waals surface area contributed by atoms with Gasteiger partial charge in [0.1, 0.15) is 11.7 Å². The van der Waals surface area contributed by atoms with Crippen LogP contribution in [-0.4, -0.2) is 22.1 Å². The number of ketones is 1. The molecule has 3 rings (SSSR count). The summed E-state index contributed by atoms with van der Waals surface area (Å²) in [6, 6.07) is 4.28. The molecular formula is C19H21Cl2N3O. The first-order valence-corrected chi connectivity index (χ1v) is 9.11. The van der Waals surface area contributed by atoms with Crippen LogP contribution < -0.4 is 5.32 Å². The van der Waals surface area contributed by atoms with Crippen LogP contribution in [-0.2, 0) is 0 Å². The van der Waals surface area contributed by atoms with Gasteiger partial charge in [-0.3, -0.25) is 9.36 Å². The molecule has 1 aromatic carbocycles. The van der Waals surface area contributed by atoms with Gasteiger partial charge in [0.25, 0.3) is 0 Å². The Bertz CT molecular complexity index is 889. The van der Waals surface area contributed by atoms with Crippen LogP contribution in [0.1, 0.15) is 50.7 Å². The Morgan fingerprint density at radius 1 is 1.20 bits per heavy atom. The molecule has 0 saturated carbocycles. The number of alkyl halides is 2. The van der Waals surface area contributed by atoms with Gasteiger partial charge in [0, 0.05) is 16.8 Å². The van der Waals surface area contributed by atoms with Gasteiger partial charge in [0.2, 0.25) is 0 Å². The number of aromatic nitrogens is 1. The van der Waals surface area contributed by atoms with Crippen molar-refractivity contribution in [2.45, 2.75) is 40.1 Å². The van der Waals surface area contributed by atoms with Crippen LogP contribution in [0.3, 0.4) is 0 Å². The van der Waals surface area contributed by atoms with E-state index >= 15 is 0 Å². The van der Waals surface area contributed by atoms with E-state index in [9.17, 15) is 4.79 Å². The Morgan fingerprint density at radius 2 is 1.80 bits per heavy atom. The third kappa shape index (κ3) is 2.87. The lowest BCUT2D eigenvalue weighted by Gasteiger charge is -2.22. The molecule has 132 valence electrons.